The van der Waals surface area contributed by atoms with Crippen LogP contribution in [0.5, 0.6) is 11.5 Å². The molecule has 0 unspecified atom stereocenters. The number of nitrogens with one attached hydrogen (secondary N) is 2. The Hall–Kier alpha value is -1.61. The molecule has 0 saturated heterocycles. The van der Waals surface area contributed by atoms with Crippen molar-refractivity contribution in [3.05, 3.63) is 44.3 Å². The van der Waals surface area contributed by atoms with E-state index in [0.29, 0.717) is 13.2 Å². The second-order valence-electron chi connectivity index (χ2n) is 8.25. The molecule has 1 aliphatic carbocycles. The number of halogens is 2. The summed E-state index contributed by atoms with van der Waals surface area (Å²) in [5, 5.41) is 4.15. The van der Waals surface area contributed by atoms with Gasteiger partial charge in [0.15, 0.2) is 0 Å². The number of ether oxygens (including phenoxy) is 2. The number of rotatable bonds is 12. The van der Waals surface area contributed by atoms with Crippen molar-refractivity contribution < 1.29 is 19.3 Å². The zero-order valence-corrected chi connectivity index (χ0v) is 23.2. The number of benzene rings is 2. The predicted octanol–water partition coefficient (Wildman–Crippen LogP) is 2.51. The molecule has 2 aromatic carbocycles. The third-order valence-corrected chi connectivity index (χ3v) is 7.74. The van der Waals surface area contributed by atoms with Crippen molar-refractivity contribution in [1.82, 2.24) is 0 Å². The molecule has 0 bridgehead atoms. The Labute approximate surface area is 214 Å². The lowest BCUT2D eigenvalue weighted by molar-refractivity contribution is -0.896. The average molecular weight is 584 g/mol. The van der Waals surface area contributed by atoms with Gasteiger partial charge in [0.2, 0.25) is 0 Å². The molecule has 0 fully saturated rings. The highest BCUT2D eigenvalue weighted by atomic mass is 79.9. The molecule has 0 saturated carbocycles. The fourth-order valence-electron chi connectivity index (χ4n) is 4.27. The topological polar surface area (TPSA) is 65.7 Å². The summed E-state index contributed by atoms with van der Waals surface area (Å²) in [4.78, 5) is 3.03. The summed E-state index contributed by atoms with van der Waals surface area (Å²) in [6.07, 6.45) is 0. The van der Waals surface area contributed by atoms with E-state index in [9.17, 15) is 0 Å². The van der Waals surface area contributed by atoms with Crippen LogP contribution in [0, 0.1) is 0 Å². The van der Waals surface area contributed by atoms with Gasteiger partial charge in [0.05, 0.1) is 40.8 Å². The van der Waals surface area contributed by atoms with Crippen LogP contribution in [0.15, 0.2) is 38.3 Å². The smallest absolute Gasteiger partial charge is 0.137 e. The highest BCUT2D eigenvalue weighted by Crippen LogP contribution is 2.45. The molecule has 0 heterocycles. The first-order valence-corrected chi connectivity index (χ1v) is 13.4. The quantitative estimate of drug-likeness (QED) is 0.227. The van der Waals surface area contributed by atoms with Crippen LogP contribution in [0.4, 0.5) is 0 Å². The van der Waals surface area contributed by atoms with E-state index >= 15 is 0 Å². The molecule has 0 spiro atoms. The third kappa shape index (κ3) is 5.91. The van der Waals surface area contributed by atoms with Gasteiger partial charge in [-0.05, 0) is 94.9 Å². The van der Waals surface area contributed by atoms with Gasteiger partial charge < -0.3 is 25.1 Å². The number of hydrazone groups is 1. The lowest BCUT2D eigenvalue weighted by Crippen LogP contribution is -3.12. The van der Waals surface area contributed by atoms with Crippen molar-refractivity contribution in [2.24, 2.45) is 10.9 Å². The Kier molecular flexibility index (Phi) is 9.61. The number of quaternary nitrogens is 2. The van der Waals surface area contributed by atoms with Crippen molar-refractivity contribution in [2.45, 2.75) is 27.7 Å². The van der Waals surface area contributed by atoms with Crippen LogP contribution >= 0.6 is 31.9 Å². The van der Waals surface area contributed by atoms with Gasteiger partial charge in [0.1, 0.15) is 37.8 Å². The zero-order chi connectivity index (χ0) is 24.0. The normalized spacial score (nSPS) is 12.3. The van der Waals surface area contributed by atoms with Gasteiger partial charge in [-0.2, -0.15) is 5.10 Å². The van der Waals surface area contributed by atoms with Crippen molar-refractivity contribution >= 4 is 37.6 Å². The van der Waals surface area contributed by atoms with E-state index < -0.39 is 0 Å². The standard InChI is InChI=1S/C25H34Br2N4O2/c1-5-30(6-2)9-11-32-23-15-19-17(13-21(23)26)18-14-22(27)24(16-20(18)25(19)29-28)33-12-10-31(7-3)8-4/h13-16H,5-12,28H2,1-4H3/p+2. The first-order valence-electron chi connectivity index (χ1n) is 11.9. The Bertz CT molecular complexity index is 913. The van der Waals surface area contributed by atoms with E-state index in [-0.39, 0.29) is 0 Å². The van der Waals surface area contributed by atoms with Crippen molar-refractivity contribution in [3.8, 4) is 22.6 Å². The average Bonchev–Trinajstić information content (AvgIpc) is 3.10. The first kappa shape index (κ1) is 26.0. The maximum Gasteiger partial charge on any atom is 0.137 e. The van der Waals surface area contributed by atoms with E-state index in [1.807, 2.05) is 12.1 Å². The maximum atomic E-state index is 6.13. The maximum absolute atomic E-state index is 6.13. The summed E-state index contributed by atoms with van der Waals surface area (Å²) in [5.74, 6) is 7.49. The number of hydrogen-bond donors (Lipinski definition) is 3. The fraction of sp³-hybridized carbons (Fsp3) is 0.480. The van der Waals surface area contributed by atoms with Crippen LogP contribution in [0.2, 0.25) is 0 Å². The van der Waals surface area contributed by atoms with Crippen LogP contribution in [-0.2, 0) is 0 Å². The lowest BCUT2D eigenvalue weighted by Gasteiger charge is -2.16. The fourth-order valence-corrected chi connectivity index (χ4v) is 5.18. The lowest BCUT2D eigenvalue weighted by atomic mass is 10.1. The van der Waals surface area contributed by atoms with Crippen molar-refractivity contribution in [3.63, 3.8) is 0 Å². The minimum absolute atomic E-state index is 0.661. The molecule has 0 radical (unpaired) electrons. The van der Waals surface area contributed by atoms with Crippen LogP contribution in [0.3, 0.4) is 0 Å². The van der Waals surface area contributed by atoms with Gasteiger partial charge >= 0.3 is 0 Å². The summed E-state index contributed by atoms with van der Waals surface area (Å²) >= 11 is 7.40. The van der Waals surface area contributed by atoms with Crippen LogP contribution in [0.25, 0.3) is 11.1 Å². The second-order valence-corrected chi connectivity index (χ2v) is 9.95. The highest BCUT2D eigenvalue weighted by molar-refractivity contribution is 9.11. The summed E-state index contributed by atoms with van der Waals surface area (Å²) in [5.41, 5.74) is 4.90. The molecule has 180 valence electrons. The van der Waals surface area contributed by atoms with Crippen LogP contribution < -0.4 is 25.1 Å². The second kappa shape index (κ2) is 12.2. The Morgan fingerprint density at radius 3 is 1.42 bits per heavy atom. The van der Waals surface area contributed by atoms with Gasteiger partial charge in [0.25, 0.3) is 0 Å². The van der Waals surface area contributed by atoms with E-state index in [1.165, 1.54) is 9.80 Å². The molecule has 0 aromatic heterocycles. The minimum atomic E-state index is 0.661. The van der Waals surface area contributed by atoms with Crippen LogP contribution in [-0.4, -0.2) is 58.2 Å². The van der Waals surface area contributed by atoms with Gasteiger partial charge in [-0.25, -0.2) is 0 Å². The SMILES string of the molecule is CC[NH+](CC)CCOc1cc2c(cc1Br)-c1cc(Br)c(OCC[NH+](CC)CC)cc1C2=NN. The Morgan fingerprint density at radius 1 is 0.697 bits per heavy atom. The van der Waals surface area contributed by atoms with E-state index in [2.05, 4.69) is 76.8 Å². The predicted molar refractivity (Wildman–Crippen MR) is 142 cm³/mol. The molecule has 8 heteroatoms. The summed E-state index contributed by atoms with van der Waals surface area (Å²) in [6.45, 7) is 16.5. The van der Waals surface area contributed by atoms with E-state index in [1.54, 1.807) is 0 Å². The number of likely N-dealkylation sites (N-methyl/N-ethyl adjacent to an activating group) is 2. The zero-order valence-electron chi connectivity index (χ0n) is 20.1. The van der Waals surface area contributed by atoms with Crippen LogP contribution in [0.1, 0.15) is 38.8 Å². The summed E-state index contributed by atoms with van der Waals surface area (Å²) in [6, 6.07) is 8.28. The highest BCUT2D eigenvalue weighted by Gasteiger charge is 2.28. The molecule has 0 aliphatic heterocycles. The molecule has 4 N–H and O–H groups in total. The Balaban J connectivity index is 1.83. The van der Waals surface area contributed by atoms with Gasteiger partial charge in [-0.15, -0.1) is 0 Å². The molecule has 0 atom stereocenters. The molecular formula is C25H36Br2N4O2+2. The minimum Gasteiger partial charge on any atom is -0.487 e. The van der Waals surface area contributed by atoms with E-state index in [4.69, 9.17) is 15.3 Å². The Morgan fingerprint density at radius 2 is 1.09 bits per heavy atom. The summed E-state index contributed by atoms with van der Waals surface area (Å²) in [7, 11) is 0. The molecule has 6 nitrogen and oxygen atoms in total. The molecule has 1 aliphatic rings. The van der Waals surface area contributed by atoms with Crippen molar-refractivity contribution in [1.29, 1.82) is 0 Å². The molecular weight excluding hydrogens is 548 g/mol. The number of nitrogens with two attached hydrogens (primary N) is 1. The number of nitrogens with zero attached hydrogens (tertiary/aromatic N) is 1. The largest absolute Gasteiger partial charge is 0.487 e. The molecule has 2 aromatic rings. The molecule has 0 amide bonds. The summed E-state index contributed by atoms with van der Waals surface area (Å²) < 4.78 is 14.1. The number of hydrogen-bond acceptors (Lipinski definition) is 4. The first-order chi connectivity index (χ1) is 16.0. The van der Waals surface area contributed by atoms with Gasteiger partial charge in [-0.3, -0.25) is 0 Å². The molecule has 33 heavy (non-hydrogen) atoms. The third-order valence-electron chi connectivity index (χ3n) is 6.50. The number of fused-ring (bicyclic) bond motifs is 3. The molecule has 3 rings (SSSR count). The van der Waals surface area contributed by atoms with E-state index in [0.717, 1.165) is 87.7 Å². The van der Waals surface area contributed by atoms with Gasteiger partial charge in [-0.1, -0.05) is 0 Å². The monoisotopic (exact) mass is 582 g/mol. The van der Waals surface area contributed by atoms with Gasteiger partial charge in [0, 0.05) is 11.1 Å². The van der Waals surface area contributed by atoms with Crippen molar-refractivity contribution in [2.75, 3.05) is 52.5 Å².